The first-order chi connectivity index (χ1) is 9.48. The zero-order valence-corrected chi connectivity index (χ0v) is 10.1. The molecule has 0 aromatic carbocycles. The average Bonchev–Trinajstić information content (AvgIpc) is 3.02. The smallest absolute Gasteiger partial charge is 0.372 e. The molecule has 0 atom stereocenters. The van der Waals surface area contributed by atoms with E-state index in [4.69, 9.17) is 9.78 Å². The van der Waals surface area contributed by atoms with E-state index in [9.17, 15) is 13.2 Å². The predicted molar refractivity (Wildman–Crippen MR) is 59.4 cm³/mol. The number of alkyl halides is 3. The first-order valence-electron chi connectivity index (χ1n) is 5.54. The van der Waals surface area contributed by atoms with Crippen LogP contribution >= 0.6 is 0 Å². The predicted octanol–water partition coefficient (Wildman–Crippen LogP) is 2.06. The molecule has 106 valence electrons. The normalized spacial score (nSPS) is 11.5. The van der Waals surface area contributed by atoms with Crippen molar-refractivity contribution in [3.63, 3.8) is 0 Å². The molecule has 0 aliphatic rings. The fourth-order valence-corrected chi connectivity index (χ4v) is 1.41. The molecule has 0 amide bonds. The van der Waals surface area contributed by atoms with E-state index in [0.29, 0.717) is 11.3 Å². The van der Waals surface area contributed by atoms with E-state index in [-0.39, 0.29) is 24.7 Å². The van der Waals surface area contributed by atoms with E-state index in [1.165, 1.54) is 12.3 Å². The minimum absolute atomic E-state index is 0.106. The molecule has 0 radical (unpaired) electrons. The summed E-state index contributed by atoms with van der Waals surface area (Å²) in [6.45, 7) is -1.46. The minimum atomic E-state index is -4.35. The Morgan fingerprint density at radius 2 is 2.25 bits per heavy atom. The van der Waals surface area contributed by atoms with Crippen molar-refractivity contribution >= 4 is 0 Å². The highest BCUT2D eigenvalue weighted by atomic mass is 19.4. The highest BCUT2D eigenvalue weighted by Crippen LogP contribution is 2.18. The number of nitrogens with zero attached hydrogens (tertiary/aromatic N) is 3. The van der Waals surface area contributed by atoms with Crippen molar-refractivity contribution in [1.29, 1.82) is 5.26 Å². The second-order valence-electron chi connectivity index (χ2n) is 3.85. The van der Waals surface area contributed by atoms with Crippen molar-refractivity contribution < 1.29 is 22.4 Å². The SMILES string of the molecule is N#Cc1cc(-c2nc(CCOCC(F)(F)F)no2)c[nH]1. The third-order valence-electron chi connectivity index (χ3n) is 2.25. The van der Waals surface area contributed by atoms with Crippen molar-refractivity contribution in [1.82, 2.24) is 15.1 Å². The lowest BCUT2D eigenvalue weighted by Crippen LogP contribution is -2.18. The van der Waals surface area contributed by atoms with Gasteiger partial charge in [0.15, 0.2) is 5.82 Å². The molecule has 0 saturated heterocycles. The van der Waals surface area contributed by atoms with E-state index < -0.39 is 12.8 Å². The van der Waals surface area contributed by atoms with Gasteiger partial charge in [-0.2, -0.15) is 23.4 Å². The summed E-state index contributed by atoms with van der Waals surface area (Å²) in [6.07, 6.45) is -2.72. The molecule has 0 bridgehead atoms. The van der Waals surface area contributed by atoms with Gasteiger partial charge in [0.05, 0.1) is 12.2 Å². The van der Waals surface area contributed by atoms with Gasteiger partial charge in [0.1, 0.15) is 18.4 Å². The van der Waals surface area contributed by atoms with Crippen LogP contribution < -0.4 is 0 Å². The van der Waals surface area contributed by atoms with Crippen LogP contribution in [0.2, 0.25) is 0 Å². The molecule has 1 N–H and O–H groups in total. The molecular weight excluding hydrogens is 277 g/mol. The number of hydrogen-bond donors (Lipinski definition) is 1. The lowest BCUT2D eigenvalue weighted by molar-refractivity contribution is -0.173. The maximum absolute atomic E-state index is 11.8. The molecule has 20 heavy (non-hydrogen) atoms. The molecule has 0 spiro atoms. The summed E-state index contributed by atoms with van der Waals surface area (Å²) in [5.74, 6) is 0.426. The standard InChI is InChI=1S/C11H9F3N4O2/c12-11(13,14)6-19-2-1-9-17-10(20-18-9)7-3-8(4-15)16-5-7/h3,5,16H,1-2,6H2. The molecule has 2 rings (SSSR count). The molecule has 2 aromatic heterocycles. The van der Waals surface area contributed by atoms with Crippen LogP contribution in [0.15, 0.2) is 16.8 Å². The quantitative estimate of drug-likeness (QED) is 0.850. The Morgan fingerprint density at radius 3 is 2.90 bits per heavy atom. The van der Waals surface area contributed by atoms with Gasteiger partial charge in [-0.3, -0.25) is 0 Å². The second kappa shape index (κ2) is 5.75. The van der Waals surface area contributed by atoms with Gasteiger partial charge >= 0.3 is 6.18 Å². The van der Waals surface area contributed by atoms with Crippen LogP contribution in [0.25, 0.3) is 11.5 Å². The molecule has 6 nitrogen and oxygen atoms in total. The Morgan fingerprint density at radius 1 is 1.45 bits per heavy atom. The zero-order chi connectivity index (χ0) is 14.6. The van der Waals surface area contributed by atoms with Crippen LogP contribution in [-0.2, 0) is 11.2 Å². The number of H-pyrrole nitrogens is 1. The number of nitrogens with one attached hydrogen (secondary N) is 1. The highest BCUT2D eigenvalue weighted by molar-refractivity contribution is 5.54. The van der Waals surface area contributed by atoms with Crippen molar-refractivity contribution in [2.24, 2.45) is 0 Å². The van der Waals surface area contributed by atoms with Crippen molar-refractivity contribution in [2.75, 3.05) is 13.2 Å². The molecule has 0 unspecified atom stereocenters. The summed E-state index contributed by atoms with van der Waals surface area (Å²) in [4.78, 5) is 6.69. The van der Waals surface area contributed by atoms with Crippen LogP contribution in [0.3, 0.4) is 0 Å². The molecule has 0 aliphatic heterocycles. The Hall–Kier alpha value is -2.34. The molecule has 2 heterocycles. The number of aromatic nitrogens is 3. The summed E-state index contributed by atoms with van der Waals surface area (Å²) in [6, 6.07) is 3.43. The lowest BCUT2D eigenvalue weighted by atomic mass is 10.3. The van der Waals surface area contributed by atoms with Crippen LogP contribution in [0.5, 0.6) is 0 Å². The summed E-state index contributed by atoms with van der Waals surface area (Å²) in [7, 11) is 0. The number of ether oxygens (including phenoxy) is 1. The molecule has 0 saturated carbocycles. The number of aromatic amines is 1. The first kappa shape index (κ1) is 14.1. The molecule has 9 heteroatoms. The summed E-state index contributed by atoms with van der Waals surface area (Å²) in [5, 5.41) is 12.3. The Bertz CT molecular complexity index is 612. The Labute approximate surface area is 111 Å². The highest BCUT2D eigenvalue weighted by Gasteiger charge is 2.27. The monoisotopic (exact) mass is 286 g/mol. The second-order valence-corrected chi connectivity index (χ2v) is 3.85. The van der Waals surface area contributed by atoms with Crippen molar-refractivity contribution in [3.05, 3.63) is 23.8 Å². The van der Waals surface area contributed by atoms with Gasteiger partial charge in [0.2, 0.25) is 0 Å². The zero-order valence-electron chi connectivity index (χ0n) is 10.1. The number of hydrogen-bond acceptors (Lipinski definition) is 5. The van der Waals surface area contributed by atoms with E-state index in [2.05, 4.69) is 19.9 Å². The lowest BCUT2D eigenvalue weighted by Gasteiger charge is -2.05. The number of halogens is 3. The molecule has 0 aliphatic carbocycles. The molecular formula is C11H9F3N4O2. The van der Waals surface area contributed by atoms with E-state index in [1.807, 2.05) is 6.07 Å². The minimum Gasteiger partial charge on any atom is -0.372 e. The summed E-state index contributed by atoms with van der Waals surface area (Å²) >= 11 is 0. The Kier molecular flexibility index (Phi) is 4.05. The molecule has 2 aromatic rings. The van der Waals surface area contributed by atoms with Gasteiger partial charge in [-0.1, -0.05) is 5.16 Å². The number of rotatable bonds is 5. The maximum atomic E-state index is 11.8. The van der Waals surface area contributed by atoms with Crippen molar-refractivity contribution in [2.45, 2.75) is 12.6 Å². The van der Waals surface area contributed by atoms with E-state index >= 15 is 0 Å². The van der Waals surface area contributed by atoms with Crippen LogP contribution in [0.4, 0.5) is 13.2 Å². The van der Waals surface area contributed by atoms with Gasteiger partial charge in [-0.25, -0.2) is 0 Å². The fourth-order valence-electron chi connectivity index (χ4n) is 1.41. The Balaban J connectivity index is 1.88. The third kappa shape index (κ3) is 3.83. The van der Waals surface area contributed by atoms with E-state index in [1.54, 1.807) is 0 Å². The average molecular weight is 286 g/mol. The van der Waals surface area contributed by atoms with Crippen LogP contribution in [0.1, 0.15) is 11.5 Å². The van der Waals surface area contributed by atoms with Crippen molar-refractivity contribution in [3.8, 4) is 17.5 Å². The van der Waals surface area contributed by atoms with Gasteiger partial charge in [0, 0.05) is 12.6 Å². The number of nitriles is 1. The van der Waals surface area contributed by atoms with E-state index in [0.717, 1.165) is 0 Å². The summed E-state index contributed by atoms with van der Waals surface area (Å²) in [5.41, 5.74) is 0.879. The van der Waals surface area contributed by atoms with Gasteiger partial charge in [-0.05, 0) is 6.07 Å². The molecule has 0 fully saturated rings. The summed E-state index contributed by atoms with van der Waals surface area (Å²) < 4.78 is 44.9. The largest absolute Gasteiger partial charge is 0.411 e. The maximum Gasteiger partial charge on any atom is 0.411 e. The van der Waals surface area contributed by atoms with Crippen LogP contribution in [-0.4, -0.2) is 34.5 Å². The third-order valence-corrected chi connectivity index (χ3v) is 2.25. The topological polar surface area (TPSA) is 87.7 Å². The van der Waals surface area contributed by atoms with Gasteiger partial charge in [-0.15, -0.1) is 0 Å². The fraction of sp³-hybridized carbons (Fsp3) is 0.364. The van der Waals surface area contributed by atoms with Gasteiger partial charge < -0.3 is 14.2 Å². The first-order valence-corrected chi connectivity index (χ1v) is 5.54. The van der Waals surface area contributed by atoms with Gasteiger partial charge in [0.25, 0.3) is 5.89 Å². The van der Waals surface area contributed by atoms with Crippen LogP contribution in [0, 0.1) is 11.3 Å².